The Morgan fingerprint density at radius 1 is 1.33 bits per heavy atom. The van der Waals surface area contributed by atoms with E-state index >= 15 is 0 Å². The predicted molar refractivity (Wildman–Crippen MR) is 60.6 cm³/mol. The van der Waals surface area contributed by atoms with Gasteiger partial charge in [-0.25, -0.2) is 4.39 Å². The Bertz CT molecular complexity index is 326. The molecular weight excluding hydrogens is 193 g/mol. The molecule has 2 nitrogen and oxygen atoms in total. The van der Waals surface area contributed by atoms with Crippen molar-refractivity contribution >= 4 is 5.69 Å². The third-order valence-corrected chi connectivity index (χ3v) is 2.30. The van der Waals surface area contributed by atoms with Crippen molar-refractivity contribution in [1.29, 1.82) is 0 Å². The van der Waals surface area contributed by atoms with E-state index in [4.69, 9.17) is 10.5 Å². The zero-order valence-electron chi connectivity index (χ0n) is 9.35. The summed E-state index contributed by atoms with van der Waals surface area (Å²) < 4.78 is 18.5. The van der Waals surface area contributed by atoms with E-state index in [1.807, 2.05) is 0 Å². The number of hydrogen-bond donors (Lipinski definition) is 1. The van der Waals surface area contributed by atoms with Gasteiger partial charge in [0.25, 0.3) is 0 Å². The summed E-state index contributed by atoms with van der Waals surface area (Å²) in [5.74, 6) is 0.304. The summed E-state index contributed by atoms with van der Waals surface area (Å²) >= 11 is 0. The van der Waals surface area contributed by atoms with E-state index < -0.39 is 0 Å². The first-order valence-electron chi connectivity index (χ1n) is 5.33. The van der Waals surface area contributed by atoms with E-state index in [0.717, 1.165) is 19.3 Å². The largest absolute Gasteiger partial charge is 0.491 e. The number of nitrogens with two attached hydrogens (primary N) is 1. The van der Waals surface area contributed by atoms with E-state index in [-0.39, 0.29) is 5.82 Å². The Morgan fingerprint density at radius 2 is 2.07 bits per heavy atom. The Balaban J connectivity index is 2.57. The van der Waals surface area contributed by atoms with Crippen LogP contribution in [0.3, 0.4) is 0 Å². The molecule has 0 fully saturated rings. The van der Waals surface area contributed by atoms with Crippen LogP contribution in [0.25, 0.3) is 0 Å². The van der Waals surface area contributed by atoms with Crippen molar-refractivity contribution in [2.24, 2.45) is 0 Å². The summed E-state index contributed by atoms with van der Waals surface area (Å²) in [7, 11) is 0. The highest BCUT2D eigenvalue weighted by Crippen LogP contribution is 2.25. The fourth-order valence-electron chi connectivity index (χ4n) is 1.33. The molecule has 3 heteroatoms. The maximum Gasteiger partial charge on any atom is 0.142 e. The summed E-state index contributed by atoms with van der Waals surface area (Å²) in [6.45, 7) is 4.48. The summed E-state index contributed by atoms with van der Waals surface area (Å²) in [5.41, 5.74) is 6.57. The quantitative estimate of drug-likeness (QED) is 0.599. The smallest absolute Gasteiger partial charge is 0.142 e. The van der Waals surface area contributed by atoms with Gasteiger partial charge < -0.3 is 10.5 Å². The molecule has 0 heterocycles. The van der Waals surface area contributed by atoms with Crippen LogP contribution in [0.2, 0.25) is 0 Å². The normalized spacial score (nSPS) is 10.3. The van der Waals surface area contributed by atoms with E-state index in [1.54, 1.807) is 13.0 Å². The number of nitrogen functional groups attached to an aromatic ring is 1. The van der Waals surface area contributed by atoms with Crippen molar-refractivity contribution in [3.05, 3.63) is 23.5 Å². The molecule has 1 aromatic carbocycles. The first kappa shape index (κ1) is 11.8. The van der Waals surface area contributed by atoms with Gasteiger partial charge in [-0.15, -0.1) is 0 Å². The summed E-state index contributed by atoms with van der Waals surface area (Å²) in [6.07, 6.45) is 3.30. The number of ether oxygens (including phenoxy) is 1. The number of halogens is 1. The lowest BCUT2D eigenvalue weighted by molar-refractivity contribution is 0.307. The van der Waals surface area contributed by atoms with Crippen molar-refractivity contribution in [2.75, 3.05) is 12.3 Å². The van der Waals surface area contributed by atoms with Gasteiger partial charge in [0.1, 0.15) is 11.6 Å². The molecule has 0 aliphatic carbocycles. The van der Waals surface area contributed by atoms with Gasteiger partial charge in [-0.1, -0.05) is 19.8 Å². The van der Waals surface area contributed by atoms with Gasteiger partial charge in [0.2, 0.25) is 0 Å². The van der Waals surface area contributed by atoms with Gasteiger partial charge >= 0.3 is 0 Å². The number of hydrogen-bond acceptors (Lipinski definition) is 2. The van der Waals surface area contributed by atoms with Crippen LogP contribution in [-0.2, 0) is 0 Å². The van der Waals surface area contributed by atoms with Crippen LogP contribution in [0.1, 0.15) is 31.7 Å². The SMILES string of the molecule is CCCCCOc1cc(C)c(F)cc1N. The van der Waals surface area contributed by atoms with Crippen LogP contribution in [-0.4, -0.2) is 6.61 Å². The Kier molecular flexibility index (Phi) is 4.40. The minimum atomic E-state index is -0.284. The Morgan fingerprint density at radius 3 is 2.73 bits per heavy atom. The molecule has 0 aromatic heterocycles. The molecule has 1 rings (SSSR count). The standard InChI is InChI=1S/C12H18FNO/c1-3-4-5-6-15-12-7-9(2)10(13)8-11(12)14/h7-8H,3-6,14H2,1-2H3. The third-order valence-electron chi connectivity index (χ3n) is 2.30. The number of benzene rings is 1. The number of rotatable bonds is 5. The zero-order valence-corrected chi connectivity index (χ0v) is 9.35. The monoisotopic (exact) mass is 211 g/mol. The summed E-state index contributed by atoms with van der Waals surface area (Å²) in [6, 6.07) is 2.96. The molecule has 0 aliphatic rings. The lowest BCUT2D eigenvalue weighted by Gasteiger charge is -2.09. The highest BCUT2D eigenvalue weighted by molar-refractivity contribution is 5.54. The molecule has 0 saturated heterocycles. The molecule has 15 heavy (non-hydrogen) atoms. The first-order valence-corrected chi connectivity index (χ1v) is 5.33. The minimum absolute atomic E-state index is 0.284. The fraction of sp³-hybridized carbons (Fsp3) is 0.500. The molecule has 0 atom stereocenters. The van der Waals surface area contributed by atoms with Gasteiger partial charge in [-0.3, -0.25) is 0 Å². The fourth-order valence-corrected chi connectivity index (χ4v) is 1.33. The molecule has 0 unspecified atom stereocenters. The number of aryl methyl sites for hydroxylation is 1. The maximum absolute atomic E-state index is 13.1. The van der Waals surface area contributed by atoms with Crippen LogP contribution in [0, 0.1) is 12.7 Å². The highest BCUT2D eigenvalue weighted by atomic mass is 19.1. The van der Waals surface area contributed by atoms with Crippen molar-refractivity contribution < 1.29 is 9.13 Å². The van der Waals surface area contributed by atoms with E-state index in [2.05, 4.69) is 6.92 Å². The highest BCUT2D eigenvalue weighted by Gasteiger charge is 2.05. The molecule has 1 aromatic rings. The molecule has 84 valence electrons. The van der Waals surface area contributed by atoms with E-state index in [0.29, 0.717) is 23.6 Å². The lowest BCUT2D eigenvalue weighted by Crippen LogP contribution is -2.01. The molecule has 0 saturated carbocycles. The molecule has 0 radical (unpaired) electrons. The van der Waals surface area contributed by atoms with Crippen LogP contribution < -0.4 is 10.5 Å². The number of unbranched alkanes of at least 4 members (excludes halogenated alkanes) is 2. The molecule has 0 spiro atoms. The molecule has 0 aliphatic heterocycles. The van der Waals surface area contributed by atoms with Gasteiger partial charge in [0.15, 0.2) is 0 Å². The third kappa shape index (κ3) is 3.42. The summed E-state index contributed by atoms with van der Waals surface area (Å²) in [4.78, 5) is 0. The summed E-state index contributed by atoms with van der Waals surface area (Å²) in [5, 5.41) is 0. The Labute approximate surface area is 90.2 Å². The second-order valence-electron chi connectivity index (χ2n) is 3.69. The van der Waals surface area contributed by atoms with Crippen LogP contribution in [0.15, 0.2) is 12.1 Å². The van der Waals surface area contributed by atoms with Gasteiger partial charge in [-0.05, 0) is 25.0 Å². The van der Waals surface area contributed by atoms with Gasteiger partial charge in [-0.2, -0.15) is 0 Å². The van der Waals surface area contributed by atoms with Crippen LogP contribution in [0.5, 0.6) is 5.75 Å². The minimum Gasteiger partial charge on any atom is -0.491 e. The van der Waals surface area contributed by atoms with Crippen molar-refractivity contribution in [1.82, 2.24) is 0 Å². The second kappa shape index (κ2) is 5.59. The van der Waals surface area contributed by atoms with Gasteiger partial charge in [0.05, 0.1) is 12.3 Å². The molecule has 0 amide bonds. The Hall–Kier alpha value is -1.25. The topological polar surface area (TPSA) is 35.2 Å². The molecule has 2 N–H and O–H groups in total. The average molecular weight is 211 g/mol. The molecule has 0 bridgehead atoms. The number of anilines is 1. The predicted octanol–water partition coefficient (Wildman–Crippen LogP) is 3.29. The maximum atomic E-state index is 13.1. The zero-order chi connectivity index (χ0) is 11.3. The van der Waals surface area contributed by atoms with Gasteiger partial charge in [0, 0.05) is 6.07 Å². The van der Waals surface area contributed by atoms with Crippen LogP contribution >= 0.6 is 0 Å². The second-order valence-corrected chi connectivity index (χ2v) is 3.69. The van der Waals surface area contributed by atoms with Crippen molar-refractivity contribution in [3.8, 4) is 5.75 Å². The van der Waals surface area contributed by atoms with E-state index in [9.17, 15) is 4.39 Å². The van der Waals surface area contributed by atoms with E-state index in [1.165, 1.54) is 6.07 Å². The van der Waals surface area contributed by atoms with Crippen LogP contribution in [0.4, 0.5) is 10.1 Å². The average Bonchev–Trinajstić information content (AvgIpc) is 2.20. The lowest BCUT2D eigenvalue weighted by atomic mass is 10.2. The molecular formula is C12H18FNO. The van der Waals surface area contributed by atoms with Crippen molar-refractivity contribution in [2.45, 2.75) is 33.1 Å². The van der Waals surface area contributed by atoms with Crippen molar-refractivity contribution in [3.63, 3.8) is 0 Å². The first-order chi connectivity index (χ1) is 7.15.